The topological polar surface area (TPSA) is 66.4 Å². The first-order chi connectivity index (χ1) is 11.3. The Morgan fingerprint density at radius 3 is 2.00 bits per heavy atom. The fourth-order valence-electron chi connectivity index (χ4n) is 2.25. The van der Waals surface area contributed by atoms with Gasteiger partial charge in [0.2, 0.25) is 0 Å². The van der Waals surface area contributed by atoms with E-state index in [1.54, 1.807) is 27.0 Å². The second-order valence-corrected chi connectivity index (χ2v) is 6.17. The van der Waals surface area contributed by atoms with Gasteiger partial charge in [0.05, 0.1) is 22.3 Å². The predicted molar refractivity (Wildman–Crippen MR) is 99.8 cm³/mol. The van der Waals surface area contributed by atoms with Gasteiger partial charge in [0.25, 0.3) is 0 Å². The number of ether oxygens (including phenoxy) is 5. The number of hydrogen-bond acceptors (Lipinski definition) is 6. The first-order valence-electron chi connectivity index (χ1n) is 8.00. The summed E-state index contributed by atoms with van der Waals surface area (Å²) in [7, 11) is 1.54. The molecule has 7 heteroatoms. The Morgan fingerprint density at radius 1 is 1.00 bits per heavy atom. The lowest BCUT2D eigenvalue weighted by Gasteiger charge is -2.24. The molecule has 138 valence electrons. The van der Waals surface area contributed by atoms with Crippen LogP contribution in [0.15, 0.2) is 6.07 Å². The molecule has 1 N–H and O–H groups in total. The Hall–Kier alpha value is -0.770. The van der Waals surface area contributed by atoms with Gasteiger partial charge in [-0.05, 0) is 57.2 Å². The molecule has 0 bridgehead atoms. The van der Waals surface area contributed by atoms with E-state index in [4.69, 9.17) is 23.7 Å². The number of hydrogen-bond donors (Lipinski definition) is 1. The average Bonchev–Trinajstić information content (AvgIpc) is 2.50. The molecule has 0 radical (unpaired) electrons. The van der Waals surface area contributed by atoms with Gasteiger partial charge < -0.3 is 28.8 Å². The maximum Gasteiger partial charge on any atom is 0.197 e. The molecule has 0 aliphatic carbocycles. The summed E-state index contributed by atoms with van der Waals surface area (Å²) in [4.78, 5) is 0. The van der Waals surface area contributed by atoms with Crippen molar-refractivity contribution in [1.29, 1.82) is 0 Å². The van der Waals surface area contributed by atoms with Crippen LogP contribution in [0.1, 0.15) is 46.3 Å². The number of aliphatic hydroxyl groups excluding tert-OH is 1. The molecular formula is C17H27IO6. The molecule has 0 saturated carbocycles. The zero-order valence-corrected chi connectivity index (χ0v) is 17.2. The minimum Gasteiger partial charge on any atom is -0.496 e. The van der Waals surface area contributed by atoms with Gasteiger partial charge in [0.1, 0.15) is 17.2 Å². The molecule has 1 aromatic carbocycles. The number of benzene rings is 1. The lowest BCUT2D eigenvalue weighted by molar-refractivity contribution is -0.0668. The number of aliphatic hydroxyl groups is 1. The summed E-state index contributed by atoms with van der Waals surface area (Å²) in [6, 6.07) is 1.73. The second kappa shape index (κ2) is 10.3. The summed E-state index contributed by atoms with van der Waals surface area (Å²) in [6.45, 7) is 10.1. The van der Waals surface area contributed by atoms with Crippen molar-refractivity contribution in [2.24, 2.45) is 0 Å². The van der Waals surface area contributed by atoms with Crippen LogP contribution < -0.4 is 14.2 Å². The average molecular weight is 454 g/mol. The van der Waals surface area contributed by atoms with Crippen molar-refractivity contribution in [3.8, 4) is 17.2 Å². The van der Waals surface area contributed by atoms with Crippen LogP contribution in [0.2, 0.25) is 0 Å². The molecule has 0 aliphatic rings. The molecule has 3 unspecified atom stereocenters. The third-order valence-corrected chi connectivity index (χ3v) is 4.23. The Kier molecular flexibility index (Phi) is 9.11. The van der Waals surface area contributed by atoms with Crippen LogP contribution in [-0.2, 0) is 9.47 Å². The van der Waals surface area contributed by atoms with Gasteiger partial charge in [-0.25, -0.2) is 0 Å². The molecule has 0 saturated heterocycles. The fraction of sp³-hybridized carbons (Fsp3) is 0.647. The van der Waals surface area contributed by atoms with E-state index in [-0.39, 0.29) is 0 Å². The van der Waals surface area contributed by atoms with E-state index in [1.807, 2.05) is 20.8 Å². The monoisotopic (exact) mass is 454 g/mol. The summed E-state index contributed by atoms with van der Waals surface area (Å²) in [5.41, 5.74) is 0.560. The van der Waals surface area contributed by atoms with E-state index < -0.39 is 18.7 Å². The maximum absolute atomic E-state index is 10.2. The van der Waals surface area contributed by atoms with Gasteiger partial charge >= 0.3 is 0 Å². The minimum absolute atomic E-state index is 0.414. The highest BCUT2D eigenvalue weighted by Crippen LogP contribution is 2.44. The first kappa shape index (κ1) is 21.3. The number of halogens is 1. The van der Waals surface area contributed by atoms with E-state index in [1.165, 1.54) is 0 Å². The highest BCUT2D eigenvalue weighted by Gasteiger charge is 2.25. The Bertz CT molecular complexity index is 520. The van der Waals surface area contributed by atoms with Crippen LogP contribution in [0.4, 0.5) is 0 Å². The van der Waals surface area contributed by atoms with Gasteiger partial charge in [-0.15, -0.1) is 0 Å². The standard InChI is InChI=1S/C17H27IO6/c1-7-21-11(4)23-14-9-13(20-6)15(10(3)19)17(16(14)18)24-12(5)22-8-2/h9-12,19H,7-8H2,1-6H3. The van der Waals surface area contributed by atoms with Gasteiger partial charge in [-0.1, -0.05) is 0 Å². The highest BCUT2D eigenvalue weighted by atomic mass is 127. The summed E-state index contributed by atoms with van der Waals surface area (Å²) in [5.74, 6) is 1.55. The normalized spacial score (nSPS) is 14.8. The number of methoxy groups -OCH3 is 1. The second-order valence-electron chi connectivity index (χ2n) is 5.09. The maximum atomic E-state index is 10.2. The molecule has 0 spiro atoms. The van der Waals surface area contributed by atoms with Crippen LogP contribution in [-0.4, -0.2) is 38.0 Å². The van der Waals surface area contributed by atoms with E-state index >= 15 is 0 Å². The summed E-state index contributed by atoms with van der Waals surface area (Å²) < 4.78 is 28.8. The summed E-state index contributed by atoms with van der Waals surface area (Å²) in [5, 5.41) is 10.2. The smallest absolute Gasteiger partial charge is 0.197 e. The Labute approximate surface area is 157 Å². The summed E-state index contributed by atoms with van der Waals surface area (Å²) in [6.07, 6.45) is -1.65. The highest BCUT2D eigenvalue weighted by molar-refractivity contribution is 14.1. The van der Waals surface area contributed by atoms with Gasteiger partial charge in [0, 0.05) is 19.3 Å². The van der Waals surface area contributed by atoms with Crippen LogP contribution in [0, 0.1) is 3.57 Å². The number of rotatable bonds is 10. The molecule has 3 atom stereocenters. The van der Waals surface area contributed by atoms with Crippen molar-refractivity contribution in [2.75, 3.05) is 20.3 Å². The van der Waals surface area contributed by atoms with E-state index in [0.717, 1.165) is 3.57 Å². The van der Waals surface area contributed by atoms with Crippen LogP contribution in [0.3, 0.4) is 0 Å². The molecule has 6 nitrogen and oxygen atoms in total. The molecule has 0 amide bonds. The molecular weight excluding hydrogens is 427 g/mol. The zero-order valence-electron chi connectivity index (χ0n) is 15.1. The Balaban J connectivity index is 3.32. The van der Waals surface area contributed by atoms with Crippen molar-refractivity contribution < 1.29 is 28.8 Å². The van der Waals surface area contributed by atoms with E-state index in [2.05, 4.69) is 22.6 Å². The molecule has 24 heavy (non-hydrogen) atoms. The predicted octanol–water partition coefficient (Wildman–Crippen LogP) is 3.88. The lowest BCUT2D eigenvalue weighted by atomic mass is 10.1. The molecule has 0 aliphatic heterocycles. The fourth-order valence-corrected chi connectivity index (χ4v) is 2.95. The molecule has 1 aromatic rings. The van der Waals surface area contributed by atoms with Crippen molar-refractivity contribution in [3.63, 3.8) is 0 Å². The van der Waals surface area contributed by atoms with Gasteiger partial charge in [0.15, 0.2) is 12.6 Å². The SMILES string of the molecule is CCOC(C)Oc1cc(OC)c(C(C)O)c(OC(C)OCC)c1I. The zero-order chi connectivity index (χ0) is 18.3. The Morgan fingerprint density at radius 2 is 1.54 bits per heavy atom. The first-order valence-corrected chi connectivity index (χ1v) is 9.08. The lowest BCUT2D eigenvalue weighted by Crippen LogP contribution is -2.20. The van der Waals surface area contributed by atoms with Crippen molar-refractivity contribution in [1.82, 2.24) is 0 Å². The minimum atomic E-state index is -0.768. The van der Waals surface area contributed by atoms with Crippen molar-refractivity contribution in [3.05, 3.63) is 15.2 Å². The van der Waals surface area contributed by atoms with Gasteiger partial charge in [-0.2, -0.15) is 0 Å². The third kappa shape index (κ3) is 5.65. The van der Waals surface area contributed by atoms with Gasteiger partial charge in [-0.3, -0.25) is 0 Å². The van der Waals surface area contributed by atoms with Crippen LogP contribution in [0.25, 0.3) is 0 Å². The summed E-state index contributed by atoms with van der Waals surface area (Å²) >= 11 is 2.13. The van der Waals surface area contributed by atoms with E-state index in [9.17, 15) is 5.11 Å². The van der Waals surface area contributed by atoms with Crippen molar-refractivity contribution >= 4 is 22.6 Å². The molecule has 0 fully saturated rings. The third-order valence-electron chi connectivity index (χ3n) is 3.21. The molecule has 0 aromatic heterocycles. The van der Waals surface area contributed by atoms with Crippen LogP contribution in [0.5, 0.6) is 17.2 Å². The quantitative estimate of drug-likeness (QED) is 0.428. The molecule has 1 rings (SSSR count). The van der Waals surface area contributed by atoms with Crippen molar-refractivity contribution in [2.45, 2.75) is 53.3 Å². The molecule has 0 heterocycles. The van der Waals surface area contributed by atoms with E-state index in [0.29, 0.717) is 36.0 Å². The largest absolute Gasteiger partial charge is 0.496 e. The van der Waals surface area contributed by atoms with Crippen LogP contribution >= 0.6 is 22.6 Å².